The van der Waals surface area contributed by atoms with E-state index in [1.165, 1.54) is 5.56 Å². The summed E-state index contributed by atoms with van der Waals surface area (Å²) in [7, 11) is 1.67. The van der Waals surface area contributed by atoms with Crippen molar-refractivity contribution in [3.63, 3.8) is 0 Å². The molecule has 2 nitrogen and oxygen atoms in total. The first-order chi connectivity index (χ1) is 8.08. The molecule has 1 aromatic rings. The topological polar surface area (TPSA) is 18.5 Å². The molecule has 0 heterocycles. The Morgan fingerprint density at radius 1 is 1.16 bits per heavy atom. The third kappa shape index (κ3) is 7.26. The average Bonchev–Trinajstić information content (AvgIpc) is 2.35. The van der Waals surface area contributed by atoms with Crippen molar-refractivity contribution in [3.8, 4) is 5.75 Å². The van der Waals surface area contributed by atoms with Gasteiger partial charge in [0, 0.05) is 13.0 Å². The third-order valence-electron chi connectivity index (χ3n) is 2.87. The Labute approximate surface area is 161 Å². The van der Waals surface area contributed by atoms with Gasteiger partial charge in [-0.05, 0) is 12.1 Å². The molecule has 2 atom stereocenters. The molecule has 0 amide bonds. The first kappa shape index (κ1) is 21.9. The predicted octanol–water partition coefficient (Wildman–Crippen LogP) is 1.48. The van der Waals surface area contributed by atoms with Crippen LogP contribution in [0.15, 0.2) is 24.3 Å². The van der Waals surface area contributed by atoms with E-state index in [-0.39, 0.29) is 65.1 Å². The Morgan fingerprint density at radius 2 is 1.68 bits per heavy atom. The molecular weight excluding hydrogens is 263 g/mol. The van der Waals surface area contributed by atoms with E-state index in [1.54, 1.807) is 7.11 Å². The van der Waals surface area contributed by atoms with Gasteiger partial charge in [-0.1, -0.05) is 44.9 Å². The van der Waals surface area contributed by atoms with Gasteiger partial charge in [0.25, 0.3) is 0 Å². The number of rotatable bonds is 6. The van der Waals surface area contributed by atoms with Crippen LogP contribution in [0, 0.1) is 20.3 Å². The van der Waals surface area contributed by atoms with Gasteiger partial charge in [0.15, 0.2) is 0 Å². The van der Waals surface area contributed by atoms with E-state index >= 15 is 0 Å². The molecule has 0 saturated heterocycles. The van der Waals surface area contributed by atoms with Crippen LogP contribution in [0.2, 0.25) is 0 Å². The van der Waals surface area contributed by atoms with Gasteiger partial charge in [-0.15, -0.1) is 5.92 Å². The minimum absolute atomic E-state index is 0. The van der Waals surface area contributed by atoms with Crippen LogP contribution in [-0.4, -0.2) is 13.4 Å². The Balaban J connectivity index is 0. The normalized spacial score (nSPS) is 13.2. The summed E-state index contributed by atoms with van der Waals surface area (Å²) >= 11 is 0. The molecular formula is C16H26KO2-. The summed E-state index contributed by atoms with van der Waals surface area (Å²) in [6.45, 7) is 10.4. The Kier molecular flexibility index (Phi) is 13.0. The molecule has 0 saturated carbocycles. The molecule has 0 aliphatic carbocycles. The molecule has 1 aromatic carbocycles. The molecule has 19 heavy (non-hydrogen) atoms. The van der Waals surface area contributed by atoms with Gasteiger partial charge >= 0.3 is 51.4 Å². The van der Waals surface area contributed by atoms with Crippen molar-refractivity contribution in [1.29, 1.82) is 0 Å². The van der Waals surface area contributed by atoms with Gasteiger partial charge in [0.05, 0.1) is 0 Å². The zero-order chi connectivity index (χ0) is 12.8. The molecule has 0 aliphatic heterocycles. The van der Waals surface area contributed by atoms with Crippen molar-refractivity contribution < 1.29 is 60.9 Å². The molecule has 0 bridgehead atoms. The quantitative estimate of drug-likeness (QED) is 0.449. The summed E-state index contributed by atoms with van der Waals surface area (Å²) in [5.74, 6) is 1.53. The number of hydrogen-bond donors (Lipinski definition) is 0. The van der Waals surface area contributed by atoms with Crippen molar-refractivity contribution in [3.05, 3.63) is 44.2 Å². The van der Waals surface area contributed by atoms with E-state index in [0.717, 1.165) is 12.2 Å². The molecule has 0 N–H and O–H groups in total. The van der Waals surface area contributed by atoms with Crippen LogP contribution in [0.25, 0.3) is 0 Å². The summed E-state index contributed by atoms with van der Waals surface area (Å²) in [5, 5.41) is 0. The maximum atomic E-state index is 5.75. The standard InChI is InChI=1S/C15H23O2.CH3.K/c1-6-12(4)13-7-9-14(10-8-13)17-15(16-5)11(2)3;;/h7-12,15H,4,6H2,1-3,5H3;1H3;/q2*-1;+1. The van der Waals surface area contributed by atoms with E-state index in [0.29, 0.717) is 11.8 Å². The Bertz CT molecular complexity index is 322. The Morgan fingerprint density at radius 3 is 2.05 bits per heavy atom. The minimum atomic E-state index is -0.192. The number of benzene rings is 1. The maximum absolute atomic E-state index is 5.75. The van der Waals surface area contributed by atoms with Crippen LogP contribution in [0.1, 0.15) is 38.7 Å². The van der Waals surface area contributed by atoms with Crippen LogP contribution in [0.4, 0.5) is 0 Å². The van der Waals surface area contributed by atoms with E-state index in [2.05, 4.69) is 39.8 Å². The van der Waals surface area contributed by atoms with Gasteiger partial charge < -0.3 is 23.8 Å². The van der Waals surface area contributed by atoms with Crippen molar-refractivity contribution in [2.24, 2.45) is 5.92 Å². The molecule has 0 aliphatic rings. The van der Waals surface area contributed by atoms with Crippen molar-refractivity contribution >= 4 is 0 Å². The molecule has 104 valence electrons. The summed E-state index contributed by atoms with van der Waals surface area (Å²) in [6, 6.07) is 8.11. The van der Waals surface area contributed by atoms with Gasteiger partial charge in [0.1, 0.15) is 5.75 Å². The molecule has 0 aromatic heterocycles. The smallest absolute Gasteiger partial charge is 0.465 e. The predicted molar refractivity (Wildman–Crippen MR) is 77.5 cm³/mol. The fraction of sp³-hybridized carbons (Fsp3) is 0.500. The largest absolute Gasteiger partial charge is 1.00 e. The fourth-order valence-electron chi connectivity index (χ4n) is 1.64. The maximum Gasteiger partial charge on any atom is 1.00 e. The minimum Gasteiger partial charge on any atom is -0.465 e. The second-order valence-corrected chi connectivity index (χ2v) is 4.64. The van der Waals surface area contributed by atoms with Crippen LogP contribution >= 0.6 is 0 Å². The van der Waals surface area contributed by atoms with E-state index in [1.807, 2.05) is 12.1 Å². The zero-order valence-corrected chi connectivity index (χ0v) is 16.4. The average molecular weight is 289 g/mol. The molecule has 1 rings (SSSR count). The number of ether oxygens (including phenoxy) is 2. The third-order valence-corrected chi connectivity index (χ3v) is 2.87. The summed E-state index contributed by atoms with van der Waals surface area (Å²) in [6.07, 6.45) is 0.856. The molecule has 0 radical (unpaired) electrons. The summed E-state index contributed by atoms with van der Waals surface area (Å²) in [5.41, 5.74) is 1.25. The van der Waals surface area contributed by atoms with Crippen LogP contribution in [0.3, 0.4) is 0 Å². The van der Waals surface area contributed by atoms with Gasteiger partial charge in [-0.2, -0.15) is 0 Å². The van der Waals surface area contributed by atoms with Crippen molar-refractivity contribution in [1.82, 2.24) is 0 Å². The number of hydrogen-bond acceptors (Lipinski definition) is 2. The van der Waals surface area contributed by atoms with Crippen LogP contribution in [-0.2, 0) is 4.74 Å². The second-order valence-electron chi connectivity index (χ2n) is 4.64. The first-order valence-corrected chi connectivity index (χ1v) is 6.21. The first-order valence-electron chi connectivity index (χ1n) is 6.21. The van der Waals surface area contributed by atoms with E-state index < -0.39 is 0 Å². The number of methoxy groups -OCH3 is 1. The van der Waals surface area contributed by atoms with Crippen LogP contribution in [0.5, 0.6) is 5.75 Å². The SMILES string of the molecule is [CH2-]C(CC)c1ccc(OC(OC)C(C)C)cc1.[CH3-].[K+]. The van der Waals surface area contributed by atoms with Gasteiger partial charge in [0.2, 0.25) is 6.29 Å². The molecule has 2 unspecified atom stereocenters. The molecule has 0 spiro atoms. The van der Waals surface area contributed by atoms with Crippen molar-refractivity contribution in [2.75, 3.05) is 7.11 Å². The summed E-state index contributed by atoms with van der Waals surface area (Å²) < 4.78 is 11.0. The molecule has 3 heteroatoms. The zero-order valence-electron chi connectivity index (χ0n) is 13.3. The van der Waals surface area contributed by atoms with Gasteiger partial charge in [-0.3, -0.25) is 0 Å². The van der Waals surface area contributed by atoms with Crippen molar-refractivity contribution in [2.45, 2.75) is 39.4 Å². The summed E-state index contributed by atoms with van der Waals surface area (Å²) in [4.78, 5) is 0. The van der Waals surface area contributed by atoms with Gasteiger partial charge in [-0.25, -0.2) is 0 Å². The molecule has 0 fully saturated rings. The monoisotopic (exact) mass is 289 g/mol. The van der Waals surface area contributed by atoms with E-state index in [9.17, 15) is 0 Å². The van der Waals surface area contributed by atoms with E-state index in [4.69, 9.17) is 9.47 Å². The Hall–Kier alpha value is 0.616. The van der Waals surface area contributed by atoms with Crippen LogP contribution < -0.4 is 56.1 Å². The fourth-order valence-corrected chi connectivity index (χ4v) is 1.64. The second kappa shape index (κ2) is 11.3.